The predicted molar refractivity (Wildman–Crippen MR) is 77.2 cm³/mol. The van der Waals surface area contributed by atoms with Crippen molar-refractivity contribution in [1.82, 2.24) is 5.32 Å². The van der Waals surface area contributed by atoms with Crippen molar-refractivity contribution in [3.8, 4) is 11.5 Å². The summed E-state index contributed by atoms with van der Waals surface area (Å²) in [5, 5.41) is 12.7. The molecular formula is C14H22ClNO3. The van der Waals surface area contributed by atoms with E-state index in [-0.39, 0.29) is 6.61 Å². The van der Waals surface area contributed by atoms with Crippen LogP contribution in [-0.2, 0) is 6.54 Å². The molecule has 19 heavy (non-hydrogen) atoms. The molecule has 5 heteroatoms. The number of aliphatic hydroxyl groups excluding tert-OH is 1. The van der Waals surface area contributed by atoms with Gasteiger partial charge in [-0.25, -0.2) is 0 Å². The highest BCUT2D eigenvalue weighted by Gasteiger charge is 2.09. The van der Waals surface area contributed by atoms with Gasteiger partial charge in [0.25, 0.3) is 0 Å². The lowest BCUT2D eigenvalue weighted by Gasteiger charge is -2.13. The summed E-state index contributed by atoms with van der Waals surface area (Å²) in [7, 11) is 1.62. The molecule has 0 aliphatic carbocycles. The monoisotopic (exact) mass is 287 g/mol. The summed E-state index contributed by atoms with van der Waals surface area (Å²) in [6.45, 7) is 4.26. The molecular weight excluding hydrogens is 266 g/mol. The van der Waals surface area contributed by atoms with Crippen LogP contribution in [0.5, 0.6) is 11.5 Å². The van der Waals surface area contributed by atoms with Crippen LogP contribution < -0.4 is 14.8 Å². The third-order valence-corrected chi connectivity index (χ3v) is 3.06. The lowest BCUT2D eigenvalue weighted by molar-refractivity contribution is 0.283. The Bertz CT molecular complexity index is 385. The van der Waals surface area contributed by atoms with Crippen LogP contribution in [0.1, 0.15) is 25.3 Å². The summed E-state index contributed by atoms with van der Waals surface area (Å²) in [5.74, 6) is 1.36. The normalized spacial score (nSPS) is 10.5. The molecule has 0 aromatic heterocycles. The van der Waals surface area contributed by atoms with Crippen molar-refractivity contribution >= 4 is 11.6 Å². The van der Waals surface area contributed by atoms with Crippen LogP contribution in [0.15, 0.2) is 12.1 Å². The second-order valence-electron chi connectivity index (χ2n) is 4.13. The maximum Gasteiger partial charge on any atom is 0.162 e. The minimum Gasteiger partial charge on any atom is -0.493 e. The van der Waals surface area contributed by atoms with Gasteiger partial charge in [0, 0.05) is 24.2 Å². The molecule has 0 bridgehead atoms. The maximum absolute atomic E-state index is 8.70. The van der Waals surface area contributed by atoms with Crippen LogP contribution >= 0.6 is 11.6 Å². The molecule has 0 fully saturated rings. The topological polar surface area (TPSA) is 50.7 Å². The Labute approximate surface area is 119 Å². The SMILES string of the molecule is CCOc1cc(Cl)c(CNCCCCO)cc1OC. The van der Waals surface area contributed by atoms with E-state index in [4.69, 9.17) is 26.2 Å². The van der Waals surface area contributed by atoms with Gasteiger partial charge in [-0.05, 0) is 37.9 Å². The largest absolute Gasteiger partial charge is 0.493 e. The highest BCUT2D eigenvalue weighted by Crippen LogP contribution is 2.33. The van der Waals surface area contributed by atoms with Crippen LogP contribution in [-0.4, -0.2) is 32.0 Å². The number of hydrogen-bond acceptors (Lipinski definition) is 4. The lowest BCUT2D eigenvalue weighted by atomic mass is 10.2. The molecule has 2 N–H and O–H groups in total. The summed E-state index contributed by atoms with van der Waals surface area (Å²) in [5.41, 5.74) is 0.978. The van der Waals surface area contributed by atoms with Gasteiger partial charge in [-0.1, -0.05) is 11.6 Å². The van der Waals surface area contributed by atoms with Gasteiger partial charge in [0.1, 0.15) is 0 Å². The van der Waals surface area contributed by atoms with E-state index in [0.717, 1.165) is 24.9 Å². The molecule has 0 radical (unpaired) electrons. The summed E-state index contributed by atoms with van der Waals surface area (Å²) in [4.78, 5) is 0. The molecule has 0 atom stereocenters. The Hall–Kier alpha value is -0.970. The highest BCUT2D eigenvalue weighted by atomic mass is 35.5. The Kier molecular flexibility index (Phi) is 7.63. The number of nitrogens with one attached hydrogen (secondary N) is 1. The second kappa shape index (κ2) is 9.02. The summed E-state index contributed by atoms with van der Waals surface area (Å²) in [6, 6.07) is 3.68. The zero-order valence-electron chi connectivity index (χ0n) is 11.5. The minimum atomic E-state index is 0.235. The molecule has 0 aliphatic heterocycles. The highest BCUT2D eigenvalue weighted by molar-refractivity contribution is 6.31. The van der Waals surface area contributed by atoms with E-state index in [1.807, 2.05) is 13.0 Å². The molecule has 0 unspecified atom stereocenters. The molecule has 1 aromatic carbocycles. The van der Waals surface area contributed by atoms with E-state index < -0.39 is 0 Å². The number of hydrogen-bond donors (Lipinski definition) is 2. The van der Waals surface area contributed by atoms with Crippen molar-refractivity contribution in [3.63, 3.8) is 0 Å². The van der Waals surface area contributed by atoms with Gasteiger partial charge < -0.3 is 19.9 Å². The maximum atomic E-state index is 8.70. The molecule has 0 heterocycles. The average Bonchev–Trinajstić information content (AvgIpc) is 2.41. The number of unbranched alkanes of at least 4 members (excludes halogenated alkanes) is 1. The molecule has 4 nitrogen and oxygen atoms in total. The second-order valence-corrected chi connectivity index (χ2v) is 4.54. The first kappa shape index (κ1) is 16.1. The Morgan fingerprint density at radius 2 is 2.05 bits per heavy atom. The van der Waals surface area contributed by atoms with Crippen LogP contribution in [0.3, 0.4) is 0 Å². The van der Waals surface area contributed by atoms with Gasteiger partial charge >= 0.3 is 0 Å². The number of halogens is 1. The van der Waals surface area contributed by atoms with Crippen LogP contribution in [0.2, 0.25) is 5.02 Å². The zero-order valence-corrected chi connectivity index (χ0v) is 12.3. The van der Waals surface area contributed by atoms with Crippen LogP contribution in [0.4, 0.5) is 0 Å². The number of rotatable bonds is 9. The van der Waals surface area contributed by atoms with E-state index in [9.17, 15) is 0 Å². The quantitative estimate of drug-likeness (QED) is 0.686. The molecule has 0 spiro atoms. The molecule has 0 amide bonds. The van der Waals surface area contributed by atoms with Gasteiger partial charge in [0.15, 0.2) is 11.5 Å². The molecule has 1 rings (SSSR count). The van der Waals surface area contributed by atoms with Crippen LogP contribution in [0, 0.1) is 0 Å². The standard InChI is InChI=1S/C14H22ClNO3/c1-3-19-14-9-12(15)11(8-13(14)18-2)10-16-6-4-5-7-17/h8-9,16-17H,3-7,10H2,1-2H3. The third kappa shape index (κ3) is 5.27. The van der Waals surface area contributed by atoms with Crippen molar-refractivity contribution < 1.29 is 14.6 Å². The van der Waals surface area contributed by atoms with Gasteiger partial charge in [0.2, 0.25) is 0 Å². The van der Waals surface area contributed by atoms with Crippen molar-refractivity contribution in [3.05, 3.63) is 22.7 Å². The fraction of sp³-hybridized carbons (Fsp3) is 0.571. The fourth-order valence-corrected chi connectivity index (χ4v) is 1.95. The van der Waals surface area contributed by atoms with Gasteiger partial charge in [-0.15, -0.1) is 0 Å². The third-order valence-electron chi connectivity index (χ3n) is 2.71. The lowest BCUT2D eigenvalue weighted by Crippen LogP contribution is -2.15. The summed E-state index contributed by atoms with van der Waals surface area (Å²) < 4.78 is 10.8. The Balaban J connectivity index is 2.62. The first-order valence-corrected chi connectivity index (χ1v) is 6.91. The van der Waals surface area contributed by atoms with Crippen LogP contribution in [0.25, 0.3) is 0 Å². The van der Waals surface area contributed by atoms with Crippen molar-refractivity contribution in [2.45, 2.75) is 26.3 Å². The molecule has 0 saturated carbocycles. The average molecular weight is 288 g/mol. The van der Waals surface area contributed by atoms with E-state index in [0.29, 0.717) is 29.7 Å². The zero-order chi connectivity index (χ0) is 14.1. The van der Waals surface area contributed by atoms with Gasteiger partial charge in [0.05, 0.1) is 13.7 Å². The molecule has 1 aromatic rings. The predicted octanol–water partition coefficient (Wildman–Crippen LogP) is 2.61. The van der Waals surface area contributed by atoms with Crippen molar-refractivity contribution in [2.75, 3.05) is 26.9 Å². The number of methoxy groups -OCH3 is 1. The van der Waals surface area contributed by atoms with Gasteiger partial charge in [-0.2, -0.15) is 0 Å². The first-order chi connectivity index (χ1) is 9.22. The van der Waals surface area contributed by atoms with Gasteiger partial charge in [-0.3, -0.25) is 0 Å². The van der Waals surface area contributed by atoms with Crippen molar-refractivity contribution in [2.24, 2.45) is 0 Å². The van der Waals surface area contributed by atoms with E-state index in [1.165, 1.54) is 0 Å². The van der Waals surface area contributed by atoms with Crippen molar-refractivity contribution in [1.29, 1.82) is 0 Å². The molecule has 0 saturated heterocycles. The fourth-order valence-electron chi connectivity index (χ4n) is 1.73. The number of ether oxygens (including phenoxy) is 2. The molecule has 108 valence electrons. The molecule has 0 aliphatic rings. The van der Waals surface area contributed by atoms with E-state index in [2.05, 4.69) is 5.32 Å². The summed E-state index contributed by atoms with van der Waals surface area (Å²) >= 11 is 6.22. The summed E-state index contributed by atoms with van der Waals surface area (Å²) in [6.07, 6.45) is 1.76. The minimum absolute atomic E-state index is 0.235. The Morgan fingerprint density at radius 1 is 1.26 bits per heavy atom. The number of aliphatic hydroxyl groups is 1. The van der Waals surface area contributed by atoms with E-state index >= 15 is 0 Å². The smallest absolute Gasteiger partial charge is 0.162 e. The first-order valence-electron chi connectivity index (χ1n) is 6.53. The van der Waals surface area contributed by atoms with E-state index in [1.54, 1.807) is 13.2 Å². The Morgan fingerprint density at radius 3 is 2.68 bits per heavy atom. The number of benzene rings is 1.